The number of amides is 1. The van der Waals surface area contributed by atoms with Gasteiger partial charge in [0.1, 0.15) is 5.82 Å². The van der Waals surface area contributed by atoms with Gasteiger partial charge < -0.3 is 5.32 Å². The van der Waals surface area contributed by atoms with E-state index in [2.05, 4.69) is 10.3 Å². The number of hydrogen-bond donors (Lipinski definition) is 1. The van der Waals surface area contributed by atoms with Gasteiger partial charge in [0.25, 0.3) is 0 Å². The Kier molecular flexibility index (Phi) is 7.56. The first-order chi connectivity index (χ1) is 18.3. The molecular formula is C29H25ClFN3O3S. The minimum absolute atomic E-state index is 0.0321. The Balaban J connectivity index is 1.32. The van der Waals surface area contributed by atoms with Crippen molar-refractivity contribution in [3.63, 3.8) is 0 Å². The van der Waals surface area contributed by atoms with Gasteiger partial charge in [0.15, 0.2) is 0 Å². The summed E-state index contributed by atoms with van der Waals surface area (Å²) in [5, 5.41) is 3.34. The monoisotopic (exact) mass is 549 g/mol. The fourth-order valence-corrected chi connectivity index (χ4v) is 6.00. The molecule has 3 aromatic carbocycles. The first-order valence-electron chi connectivity index (χ1n) is 12.1. The van der Waals surface area contributed by atoms with Crippen LogP contribution in [0.25, 0.3) is 0 Å². The summed E-state index contributed by atoms with van der Waals surface area (Å²) < 4.78 is 42.1. The van der Waals surface area contributed by atoms with E-state index in [4.69, 9.17) is 11.6 Å². The van der Waals surface area contributed by atoms with Gasteiger partial charge in [-0.1, -0.05) is 41.9 Å². The molecule has 1 aliphatic carbocycles. The number of sulfonamides is 1. The molecule has 1 saturated carbocycles. The standard InChI is InChI=1S/C29H25ClFN3O3S/c30-28-4-2-1-3-22(28)19-34(18-20-5-7-23(31)8-6-20)38(36,37)25-11-9-24(10-12-25)33-29(35)27-17-26(27)21-13-15-32-16-14-21/h1-16,26-27H,17-19H2,(H,33,35). The second-order valence-electron chi connectivity index (χ2n) is 9.23. The molecule has 1 fully saturated rings. The molecule has 38 heavy (non-hydrogen) atoms. The molecule has 0 radical (unpaired) electrons. The summed E-state index contributed by atoms with van der Waals surface area (Å²) in [4.78, 5) is 16.8. The molecule has 1 amide bonds. The smallest absolute Gasteiger partial charge is 0.243 e. The number of nitrogens with one attached hydrogen (secondary N) is 1. The molecule has 1 heterocycles. The third kappa shape index (κ3) is 5.93. The summed E-state index contributed by atoms with van der Waals surface area (Å²) in [6, 6.07) is 22.7. The van der Waals surface area contributed by atoms with Crippen LogP contribution in [0, 0.1) is 11.7 Å². The third-order valence-electron chi connectivity index (χ3n) is 6.60. The Hall–Kier alpha value is -3.59. The topological polar surface area (TPSA) is 79.4 Å². The van der Waals surface area contributed by atoms with Crippen LogP contribution in [0.15, 0.2) is 102 Å². The molecule has 194 valence electrons. The Bertz CT molecular complexity index is 1530. The maximum atomic E-state index is 13.7. The zero-order chi connectivity index (χ0) is 26.7. The van der Waals surface area contributed by atoms with Crippen LogP contribution in [0.2, 0.25) is 5.02 Å². The van der Waals surface area contributed by atoms with E-state index in [1.54, 1.807) is 60.9 Å². The number of benzene rings is 3. The fourth-order valence-electron chi connectivity index (χ4n) is 4.39. The Morgan fingerprint density at radius 1 is 0.947 bits per heavy atom. The molecule has 2 unspecified atom stereocenters. The zero-order valence-corrected chi connectivity index (χ0v) is 21.9. The van der Waals surface area contributed by atoms with Crippen LogP contribution >= 0.6 is 11.6 Å². The average Bonchev–Trinajstić information content (AvgIpc) is 3.73. The normalized spacial score (nSPS) is 16.8. The van der Waals surface area contributed by atoms with Crippen molar-refractivity contribution in [1.29, 1.82) is 0 Å². The van der Waals surface area contributed by atoms with Gasteiger partial charge in [0.2, 0.25) is 15.9 Å². The minimum Gasteiger partial charge on any atom is -0.326 e. The highest BCUT2D eigenvalue weighted by atomic mass is 35.5. The lowest BCUT2D eigenvalue weighted by atomic mass is 10.1. The molecule has 1 aliphatic rings. The van der Waals surface area contributed by atoms with Gasteiger partial charge in [-0.05, 0) is 83.6 Å². The summed E-state index contributed by atoms with van der Waals surface area (Å²) in [5.74, 6) is -0.450. The SMILES string of the molecule is O=C(Nc1ccc(S(=O)(=O)N(Cc2ccc(F)cc2)Cc2ccccc2Cl)cc1)C1CC1c1ccncc1. The van der Waals surface area contributed by atoms with E-state index in [-0.39, 0.29) is 35.7 Å². The van der Waals surface area contributed by atoms with Crippen LogP contribution in [0.3, 0.4) is 0 Å². The molecular weight excluding hydrogens is 525 g/mol. The average molecular weight is 550 g/mol. The van der Waals surface area contributed by atoms with E-state index in [1.165, 1.54) is 28.6 Å². The van der Waals surface area contributed by atoms with Gasteiger partial charge in [-0.2, -0.15) is 4.31 Å². The number of anilines is 1. The van der Waals surface area contributed by atoms with Crippen molar-refractivity contribution >= 4 is 33.2 Å². The van der Waals surface area contributed by atoms with Gasteiger partial charge in [-0.3, -0.25) is 9.78 Å². The first-order valence-corrected chi connectivity index (χ1v) is 13.9. The maximum Gasteiger partial charge on any atom is 0.243 e. The number of hydrogen-bond acceptors (Lipinski definition) is 4. The van der Waals surface area contributed by atoms with Crippen LogP contribution in [0.5, 0.6) is 0 Å². The highest BCUT2D eigenvalue weighted by Crippen LogP contribution is 2.47. The molecule has 1 aromatic heterocycles. The van der Waals surface area contributed by atoms with Crippen LogP contribution < -0.4 is 5.32 Å². The lowest BCUT2D eigenvalue weighted by molar-refractivity contribution is -0.117. The third-order valence-corrected chi connectivity index (χ3v) is 8.77. The van der Waals surface area contributed by atoms with Crippen LogP contribution in [0.4, 0.5) is 10.1 Å². The van der Waals surface area contributed by atoms with E-state index < -0.39 is 15.8 Å². The molecule has 0 aliphatic heterocycles. The number of halogens is 2. The van der Waals surface area contributed by atoms with Gasteiger partial charge in [0.05, 0.1) is 4.90 Å². The highest BCUT2D eigenvalue weighted by Gasteiger charge is 2.43. The minimum atomic E-state index is -3.96. The van der Waals surface area contributed by atoms with Crippen molar-refractivity contribution in [1.82, 2.24) is 9.29 Å². The van der Waals surface area contributed by atoms with Crippen LogP contribution in [-0.4, -0.2) is 23.6 Å². The lowest BCUT2D eigenvalue weighted by Crippen LogP contribution is -2.30. The Morgan fingerprint density at radius 2 is 1.63 bits per heavy atom. The van der Waals surface area contributed by atoms with E-state index in [9.17, 15) is 17.6 Å². The maximum absolute atomic E-state index is 13.7. The van der Waals surface area contributed by atoms with Gasteiger partial charge >= 0.3 is 0 Å². The quantitative estimate of drug-likeness (QED) is 0.277. The molecule has 4 aromatic rings. The summed E-state index contributed by atoms with van der Waals surface area (Å²) >= 11 is 6.32. The van der Waals surface area contributed by atoms with E-state index in [0.29, 0.717) is 21.8 Å². The number of rotatable bonds is 9. The zero-order valence-electron chi connectivity index (χ0n) is 20.3. The number of pyridine rings is 1. The van der Waals surface area contributed by atoms with Crippen LogP contribution in [-0.2, 0) is 27.9 Å². The summed E-state index contributed by atoms with van der Waals surface area (Å²) in [5.41, 5.74) is 2.89. The Morgan fingerprint density at radius 3 is 2.32 bits per heavy atom. The number of carbonyl (C=O) groups excluding carboxylic acids is 1. The van der Waals surface area contributed by atoms with E-state index in [1.807, 2.05) is 12.1 Å². The Labute approximate surface area is 226 Å². The largest absolute Gasteiger partial charge is 0.326 e. The summed E-state index contributed by atoms with van der Waals surface area (Å²) in [6.45, 7) is 0.0698. The lowest BCUT2D eigenvalue weighted by Gasteiger charge is -2.23. The molecule has 1 N–H and O–H groups in total. The molecule has 6 nitrogen and oxygen atoms in total. The van der Waals surface area contributed by atoms with E-state index in [0.717, 1.165) is 12.0 Å². The van der Waals surface area contributed by atoms with Crippen LogP contribution in [0.1, 0.15) is 29.0 Å². The van der Waals surface area contributed by atoms with E-state index >= 15 is 0 Å². The second kappa shape index (κ2) is 11.0. The molecule has 9 heteroatoms. The van der Waals surface area contributed by atoms with Crippen molar-refractivity contribution in [2.45, 2.75) is 30.3 Å². The first kappa shape index (κ1) is 26.0. The number of carbonyl (C=O) groups is 1. The molecule has 0 spiro atoms. The van der Waals surface area contributed by atoms with Crippen molar-refractivity contribution in [3.05, 3.63) is 125 Å². The number of nitrogens with zero attached hydrogens (tertiary/aromatic N) is 2. The molecule has 0 saturated heterocycles. The predicted octanol–water partition coefficient (Wildman–Crippen LogP) is 6.01. The number of aromatic nitrogens is 1. The van der Waals surface area contributed by atoms with Gasteiger partial charge in [-0.15, -0.1) is 0 Å². The summed E-state index contributed by atoms with van der Waals surface area (Å²) in [7, 11) is -3.96. The van der Waals surface area contributed by atoms with Crippen molar-refractivity contribution in [2.75, 3.05) is 5.32 Å². The summed E-state index contributed by atoms with van der Waals surface area (Å²) in [6.07, 6.45) is 4.20. The highest BCUT2D eigenvalue weighted by molar-refractivity contribution is 7.89. The predicted molar refractivity (Wildman–Crippen MR) is 144 cm³/mol. The van der Waals surface area contributed by atoms with Crippen molar-refractivity contribution < 1.29 is 17.6 Å². The molecule has 5 rings (SSSR count). The second-order valence-corrected chi connectivity index (χ2v) is 11.6. The van der Waals surface area contributed by atoms with Crippen molar-refractivity contribution in [2.24, 2.45) is 5.92 Å². The van der Waals surface area contributed by atoms with Gasteiger partial charge in [0, 0.05) is 42.1 Å². The fraction of sp³-hybridized carbons (Fsp3) is 0.172. The molecule has 2 atom stereocenters. The van der Waals surface area contributed by atoms with Gasteiger partial charge in [-0.25, -0.2) is 12.8 Å². The van der Waals surface area contributed by atoms with Crippen molar-refractivity contribution in [3.8, 4) is 0 Å². The molecule has 0 bridgehead atoms.